The number of sulfonamides is 1. The molecule has 3 saturated heterocycles. The summed E-state index contributed by atoms with van der Waals surface area (Å²) in [4.78, 5) is 31.9. The molecule has 0 spiro atoms. The van der Waals surface area contributed by atoms with E-state index in [1.807, 2.05) is 4.90 Å². The van der Waals surface area contributed by atoms with E-state index in [0.29, 0.717) is 63.2 Å². The maximum absolute atomic E-state index is 13.1. The molecule has 3 aliphatic heterocycles. The third-order valence-electron chi connectivity index (χ3n) is 7.02. The summed E-state index contributed by atoms with van der Waals surface area (Å²) in [7, 11) is -3.55. The lowest BCUT2D eigenvalue weighted by Gasteiger charge is -2.38. The van der Waals surface area contributed by atoms with Gasteiger partial charge in [-0.15, -0.1) is 0 Å². The Kier molecular flexibility index (Phi) is 7.40. The second kappa shape index (κ2) is 10.1. The van der Waals surface area contributed by atoms with Crippen molar-refractivity contribution >= 4 is 21.8 Å². The number of nitrogens with zero attached hydrogens (tertiary/aromatic N) is 4. The Labute approximate surface area is 197 Å². The zero-order valence-corrected chi connectivity index (χ0v) is 20.6. The molecule has 0 aliphatic carbocycles. The molecule has 0 N–H and O–H groups in total. The zero-order valence-electron chi connectivity index (χ0n) is 19.8. The summed E-state index contributed by atoms with van der Waals surface area (Å²) >= 11 is 0. The molecule has 182 valence electrons. The Morgan fingerprint density at radius 3 is 2.18 bits per heavy atom. The topological polar surface area (TPSA) is 81.2 Å². The maximum atomic E-state index is 13.1. The first-order valence-electron chi connectivity index (χ1n) is 12.1. The third-order valence-corrected chi connectivity index (χ3v) is 8.92. The van der Waals surface area contributed by atoms with Crippen LogP contribution in [0.15, 0.2) is 29.2 Å². The lowest BCUT2D eigenvalue weighted by Crippen LogP contribution is -2.53. The number of likely N-dealkylation sites (tertiary alicyclic amines) is 1. The minimum Gasteiger partial charge on any atom is -0.341 e. The maximum Gasteiger partial charge on any atom is 0.253 e. The summed E-state index contributed by atoms with van der Waals surface area (Å²) in [5.74, 6) is 1.10. The fraction of sp³-hybridized carbons (Fsp3) is 0.667. The highest BCUT2D eigenvalue weighted by Crippen LogP contribution is 2.23. The predicted octanol–water partition coefficient (Wildman–Crippen LogP) is 1.73. The number of benzene rings is 1. The van der Waals surface area contributed by atoms with Crippen molar-refractivity contribution < 1.29 is 18.0 Å². The number of carbonyl (C=O) groups excluding carboxylic acids is 2. The normalized spacial score (nSPS) is 25.4. The van der Waals surface area contributed by atoms with Crippen LogP contribution in [0.25, 0.3) is 0 Å². The molecule has 1 aromatic carbocycles. The second-order valence-electron chi connectivity index (χ2n) is 9.95. The number of piperidine rings is 1. The monoisotopic (exact) mass is 476 g/mol. The van der Waals surface area contributed by atoms with Crippen LogP contribution < -0.4 is 0 Å². The standard InChI is InChI=1S/C24H36N4O4S/c1-19-14-20(2)17-27(16-19)23(29)18-25-10-12-26(13-11-25)24(30)21-6-5-7-22(15-21)33(31,32)28-8-3-4-9-28/h5-7,15,19-20H,3-4,8-14,16-18H2,1-2H3/t19-,20+. The van der Waals surface area contributed by atoms with Crippen LogP contribution in [0.2, 0.25) is 0 Å². The molecule has 3 heterocycles. The van der Waals surface area contributed by atoms with E-state index in [-0.39, 0.29) is 16.7 Å². The van der Waals surface area contributed by atoms with Crippen molar-refractivity contribution in [1.29, 1.82) is 0 Å². The van der Waals surface area contributed by atoms with Crippen LogP contribution in [-0.2, 0) is 14.8 Å². The Morgan fingerprint density at radius 2 is 1.55 bits per heavy atom. The molecular formula is C24H36N4O4S. The van der Waals surface area contributed by atoms with Gasteiger partial charge in [-0.25, -0.2) is 8.42 Å². The van der Waals surface area contributed by atoms with Crippen molar-refractivity contribution in [1.82, 2.24) is 19.0 Å². The highest BCUT2D eigenvalue weighted by Gasteiger charge is 2.30. The van der Waals surface area contributed by atoms with Crippen LogP contribution in [0.1, 0.15) is 43.5 Å². The van der Waals surface area contributed by atoms with Gasteiger partial charge >= 0.3 is 0 Å². The summed E-state index contributed by atoms with van der Waals surface area (Å²) in [5.41, 5.74) is 0.399. The average molecular weight is 477 g/mol. The third kappa shape index (κ3) is 5.58. The molecule has 0 radical (unpaired) electrons. The Morgan fingerprint density at radius 1 is 0.909 bits per heavy atom. The molecule has 33 heavy (non-hydrogen) atoms. The summed E-state index contributed by atoms with van der Waals surface area (Å²) in [6.07, 6.45) is 2.92. The van der Waals surface area contributed by atoms with E-state index in [1.165, 1.54) is 16.8 Å². The van der Waals surface area contributed by atoms with Gasteiger partial charge in [-0.1, -0.05) is 19.9 Å². The van der Waals surface area contributed by atoms with Crippen molar-refractivity contribution in [2.45, 2.75) is 38.0 Å². The fourth-order valence-corrected chi connectivity index (χ4v) is 6.88. The van der Waals surface area contributed by atoms with Gasteiger partial charge in [-0.2, -0.15) is 4.31 Å². The van der Waals surface area contributed by atoms with E-state index in [2.05, 4.69) is 18.7 Å². The number of hydrogen-bond donors (Lipinski definition) is 0. The van der Waals surface area contributed by atoms with Crippen molar-refractivity contribution in [3.63, 3.8) is 0 Å². The summed E-state index contributed by atoms with van der Waals surface area (Å²) in [6, 6.07) is 6.40. The summed E-state index contributed by atoms with van der Waals surface area (Å²) in [5, 5.41) is 0. The minimum atomic E-state index is -3.55. The molecule has 0 saturated carbocycles. The van der Waals surface area contributed by atoms with Crippen LogP contribution in [0, 0.1) is 11.8 Å². The predicted molar refractivity (Wildman–Crippen MR) is 126 cm³/mol. The van der Waals surface area contributed by atoms with Gasteiger partial charge in [0.2, 0.25) is 15.9 Å². The van der Waals surface area contributed by atoms with Gasteiger partial charge in [0.1, 0.15) is 0 Å². The van der Waals surface area contributed by atoms with E-state index >= 15 is 0 Å². The van der Waals surface area contributed by atoms with Crippen LogP contribution in [0.5, 0.6) is 0 Å². The lowest BCUT2D eigenvalue weighted by molar-refractivity contribution is -0.135. The fourth-order valence-electron chi connectivity index (χ4n) is 5.32. The average Bonchev–Trinajstić information content (AvgIpc) is 3.34. The van der Waals surface area contributed by atoms with Gasteiger partial charge in [0.15, 0.2) is 0 Å². The Balaban J connectivity index is 1.33. The second-order valence-corrected chi connectivity index (χ2v) is 11.9. The van der Waals surface area contributed by atoms with Crippen molar-refractivity contribution in [3.05, 3.63) is 29.8 Å². The van der Waals surface area contributed by atoms with E-state index in [4.69, 9.17) is 0 Å². The molecular weight excluding hydrogens is 440 g/mol. The number of carbonyl (C=O) groups is 2. The molecule has 2 amide bonds. The number of hydrogen-bond acceptors (Lipinski definition) is 5. The summed E-state index contributed by atoms with van der Waals surface area (Å²) in [6.45, 7) is 9.88. The smallest absolute Gasteiger partial charge is 0.253 e. The van der Waals surface area contributed by atoms with E-state index in [0.717, 1.165) is 25.9 Å². The first kappa shape index (κ1) is 24.2. The van der Waals surface area contributed by atoms with Gasteiger partial charge in [0, 0.05) is 57.9 Å². The Hall–Kier alpha value is -1.97. The molecule has 2 atom stereocenters. The van der Waals surface area contributed by atoms with Crippen LogP contribution in [0.3, 0.4) is 0 Å². The molecule has 8 nitrogen and oxygen atoms in total. The number of rotatable bonds is 5. The quantitative estimate of drug-likeness (QED) is 0.647. The molecule has 4 rings (SSSR count). The largest absolute Gasteiger partial charge is 0.341 e. The van der Waals surface area contributed by atoms with Gasteiger partial charge < -0.3 is 9.80 Å². The van der Waals surface area contributed by atoms with Gasteiger partial charge in [0.05, 0.1) is 11.4 Å². The highest BCUT2D eigenvalue weighted by molar-refractivity contribution is 7.89. The molecule has 0 aromatic heterocycles. The first-order chi connectivity index (χ1) is 15.7. The Bertz CT molecular complexity index is 958. The van der Waals surface area contributed by atoms with Crippen LogP contribution in [0.4, 0.5) is 0 Å². The summed E-state index contributed by atoms with van der Waals surface area (Å²) < 4.78 is 27.2. The number of amides is 2. The van der Waals surface area contributed by atoms with Crippen LogP contribution in [-0.4, -0.2) is 98.1 Å². The zero-order chi connectivity index (χ0) is 23.6. The van der Waals surface area contributed by atoms with Gasteiger partial charge in [0.25, 0.3) is 5.91 Å². The van der Waals surface area contributed by atoms with Crippen LogP contribution >= 0.6 is 0 Å². The molecule has 3 fully saturated rings. The molecule has 0 unspecified atom stereocenters. The molecule has 1 aromatic rings. The first-order valence-corrected chi connectivity index (χ1v) is 13.6. The van der Waals surface area contributed by atoms with Gasteiger partial charge in [-0.3, -0.25) is 14.5 Å². The molecule has 9 heteroatoms. The minimum absolute atomic E-state index is 0.155. The van der Waals surface area contributed by atoms with Crippen molar-refractivity contribution in [2.24, 2.45) is 11.8 Å². The van der Waals surface area contributed by atoms with Gasteiger partial charge in [-0.05, 0) is 49.3 Å². The van der Waals surface area contributed by atoms with E-state index in [9.17, 15) is 18.0 Å². The van der Waals surface area contributed by atoms with Crippen molar-refractivity contribution in [3.8, 4) is 0 Å². The number of piperazine rings is 1. The lowest BCUT2D eigenvalue weighted by atomic mass is 9.92. The van der Waals surface area contributed by atoms with Crippen molar-refractivity contribution in [2.75, 3.05) is 58.9 Å². The van der Waals surface area contributed by atoms with E-state index < -0.39 is 10.0 Å². The van der Waals surface area contributed by atoms with E-state index in [1.54, 1.807) is 23.1 Å². The highest BCUT2D eigenvalue weighted by atomic mass is 32.2. The molecule has 3 aliphatic rings. The SMILES string of the molecule is C[C@@H]1C[C@H](C)CN(C(=O)CN2CCN(C(=O)c3cccc(S(=O)(=O)N4CCCC4)c3)CC2)C1. The molecule has 0 bridgehead atoms.